The maximum Gasteiger partial charge on any atom is 0.228 e. The molecular weight excluding hydrogens is 541 g/mol. The first-order valence-electron chi connectivity index (χ1n) is 13.8. The molecule has 2 saturated heterocycles. The van der Waals surface area contributed by atoms with Crippen molar-refractivity contribution in [3.8, 4) is 5.75 Å². The van der Waals surface area contributed by atoms with E-state index in [9.17, 15) is 9.00 Å². The van der Waals surface area contributed by atoms with Crippen LogP contribution in [0, 0.1) is 11.7 Å². The number of methoxy groups -OCH3 is 1. The van der Waals surface area contributed by atoms with Crippen LogP contribution >= 0.6 is 0 Å². The molecule has 4 atom stereocenters. The van der Waals surface area contributed by atoms with Gasteiger partial charge in [0.1, 0.15) is 11.6 Å². The van der Waals surface area contributed by atoms with Gasteiger partial charge in [0.05, 0.1) is 24.0 Å². The number of carbonyl (C=O) groups is 1. The lowest BCUT2D eigenvalue weighted by Gasteiger charge is -2.27. The largest absolute Gasteiger partial charge is 0.497 e. The Balaban J connectivity index is 0.000000507. The van der Waals surface area contributed by atoms with Gasteiger partial charge in [-0.05, 0) is 51.0 Å². The van der Waals surface area contributed by atoms with Crippen LogP contribution < -0.4 is 9.64 Å². The van der Waals surface area contributed by atoms with E-state index < -0.39 is 16.9 Å². The van der Waals surface area contributed by atoms with Crippen LogP contribution in [0.4, 0.5) is 10.2 Å². The average Bonchev–Trinajstić information content (AvgIpc) is 3.30. The van der Waals surface area contributed by atoms with E-state index in [1.807, 2.05) is 45.3 Å². The van der Waals surface area contributed by atoms with Gasteiger partial charge >= 0.3 is 0 Å². The summed E-state index contributed by atoms with van der Waals surface area (Å²) in [6.45, 7) is 12.3. The highest BCUT2D eigenvalue weighted by molar-refractivity contribution is 7.81. The van der Waals surface area contributed by atoms with Crippen LogP contribution in [-0.2, 0) is 15.8 Å². The Labute approximate surface area is 246 Å². The van der Waals surface area contributed by atoms with Gasteiger partial charge in [0.2, 0.25) is 5.91 Å². The van der Waals surface area contributed by atoms with Crippen LogP contribution in [0.3, 0.4) is 0 Å². The fourth-order valence-corrected chi connectivity index (χ4v) is 6.11. The minimum absolute atomic E-state index is 0.00227. The van der Waals surface area contributed by atoms with Crippen LogP contribution in [0.1, 0.15) is 38.7 Å². The van der Waals surface area contributed by atoms with Gasteiger partial charge in [-0.15, -0.1) is 5.10 Å². The SMILES string of the molecule is C=C/C=C\C=C(C)C.COc1ccc([C@@H]2CN(c3cccnn3)C[C@H]2C(=O)N2CCC(C)N(S(C)=O)CC2)c(F)c1. The molecule has 1 amide bonds. The molecule has 2 aliphatic rings. The van der Waals surface area contributed by atoms with E-state index in [0.717, 1.165) is 6.42 Å². The van der Waals surface area contributed by atoms with Crippen LogP contribution in [0.15, 0.2) is 73.0 Å². The third-order valence-corrected chi connectivity index (χ3v) is 8.55. The lowest BCUT2D eigenvalue weighted by atomic mass is 9.87. The first-order valence-corrected chi connectivity index (χ1v) is 15.3. The van der Waals surface area contributed by atoms with E-state index in [4.69, 9.17) is 4.74 Å². The van der Waals surface area contributed by atoms with E-state index in [2.05, 4.69) is 30.6 Å². The van der Waals surface area contributed by atoms with E-state index >= 15 is 4.39 Å². The molecule has 1 aromatic carbocycles. The van der Waals surface area contributed by atoms with Crippen molar-refractivity contribution in [2.45, 2.75) is 39.2 Å². The Kier molecular flexibility index (Phi) is 12.2. The van der Waals surface area contributed by atoms with Crippen molar-refractivity contribution in [1.29, 1.82) is 0 Å². The first kappa shape index (κ1) is 32.1. The molecule has 0 N–H and O–H groups in total. The highest BCUT2D eigenvalue weighted by atomic mass is 32.2. The fraction of sp³-hybridized carbons (Fsp3) is 0.452. The average molecular weight is 584 g/mol. The number of rotatable bonds is 7. The smallest absolute Gasteiger partial charge is 0.228 e. The zero-order valence-electron chi connectivity index (χ0n) is 24.7. The summed E-state index contributed by atoms with van der Waals surface area (Å²) >= 11 is 0. The molecule has 10 heteroatoms. The summed E-state index contributed by atoms with van der Waals surface area (Å²) < 4.78 is 34.2. The monoisotopic (exact) mass is 583 g/mol. The summed E-state index contributed by atoms with van der Waals surface area (Å²) in [6, 6.07) is 8.59. The van der Waals surface area contributed by atoms with Gasteiger partial charge in [-0.25, -0.2) is 12.9 Å². The number of anilines is 1. The summed E-state index contributed by atoms with van der Waals surface area (Å²) in [7, 11) is 0.413. The van der Waals surface area contributed by atoms with E-state index in [1.54, 1.807) is 36.7 Å². The Morgan fingerprint density at radius 1 is 1.17 bits per heavy atom. The Morgan fingerprint density at radius 2 is 1.95 bits per heavy atom. The molecule has 8 nitrogen and oxygen atoms in total. The maximum absolute atomic E-state index is 15.1. The normalized spacial score (nSPS) is 22.0. The summed E-state index contributed by atoms with van der Waals surface area (Å²) in [5, 5.41) is 8.16. The number of hydrogen-bond donors (Lipinski definition) is 0. The molecule has 41 heavy (non-hydrogen) atoms. The van der Waals surface area contributed by atoms with Crippen LogP contribution in [0.2, 0.25) is 0 Å². The molecule has 2 fully saturated rings. The highest BCUT2D eigenvalue weighted by Crippen LogP contribution is 2.38. The topological polar surface area (TPSA) is 78.9 Å². The second-order valence-electron chi connectivity index (χ2n) is 10.5. The quantitative estimate of drug-likeness (QED) is 0.438. The minimum atomic E-state index is -1.09. The van der Waals surface area contributed by atoms with Crippen LogP contribution in [-0.4, -0.2) is 81.6 Å². The molecular formula is C31H42FN5O3S. The molecule has 2 aliphatic heterocycles. The van der Waals surface area contributed by atoms with Crippen molar-refractivity contribution in [1.82, 2.24) is 19.4 Å². The van der Waals surface area contributed by atoms with Gasteiger partial charge in [0.15, 0.2) is 5.82 Å². The number of amides is 1. The fourth-order valence-electron chi connectivity index (χ4n) is 5.16. The standard InChI is InChI=1S/C23H30FN5O3S.C8H12/c1-16-8-10-27(11-12-29(16)33(3)31)23(30)20-15-28(22-5-4-9-25-26-22)14-19(20)18-7-6-17(32-2)13-21(18)24;1-4-5-6-7-8(2)3/h4-7,9,13,16,19-20H,8,10-12,14-15H2,1-3H3;4-7H,1H2,2-3H3/b;6-5-/t16?,19-,20+,33?;/m0./s1. The first-order chi connectivity index (χ1) is 19.7. The van der Waals surface area contributed by atoms with E-state index in [-0.39, 0.29) is 23.7 Å². The molecule has 0 saturated carbocycles. The number of aromatic nitrogens is 2. The summed E-state index contributed by atoms with van der Waals surface area (Å²) in [4.78, 5) is 17.6. The second kappa shape index (κ2) is 15.6. The number of allylic oxidation sites excluding steroid dienone is 5. The molecule has 3 heterocycles. The van der Waals surface area contributed by atoms with Gasteiger partial charge in [-0.1, -0.05) is 42.5 Å². The molecule has 0 radical (unpaired) electrons. The molecule has 0 spiro atoms. The van der Waals surface area contributed by atoms with Gasteiger partial charge < -0.3 is 14.5 Å². The Bertz CT molecular complexity index is 1250. The predicted octanol–water partition coefficient (Wildman–Crippen LogP) is 4.76. The number of benzene rings is 1. The van der Waals surface area contributed by atoms with Gasteiger partial charge in [-0.2, -0.15) is 5.10 Å². The van der Waals surface area contributed by atoms with E-state index in [0.29, 0.717) is 49.9 Å². The number of nitrogens with zero attached hydrogens (tertiary/aromatic N) is 5. The van der Waals surface area contributed by atoms with Crippen molar-refractivity contribution in [2.75, 3.05) is 51.0 Å². The predicted molar refractivity (Wildman–Crippen MR) is 164 cm³/mol. The molecule has 1 aromatic heterocycles. The molecule has 0 bridgehead atoms. The van der Waals surface area contributed by atoms with Crippen molar-refractivity contribution in [3.05, 3.63) is 84.4 Å². The Morgan fingerprint density at radius 3 is 2.56 bits per heavy atom. The lowest BCUT2D eigenvalue weighted by molar-refractivity contribution is -0.135. The van der Waals surface area contributed by atoms with Crippen LogP contribution in [0.5, 0.6) is 5.75 Å². The lowest BCUT2D eigenvalue weighted by Crippen LogP contribution is -2.41. The van der Waals surface area contributed by atoms with Crippen molar-refractivity contribution < 1.29 is 18.1 Å². The molecule has 2 aromatic rings. The van der Waals surface area contributed by atoms with Crippen molar-refractivity contribution in [3.63, 3.8) is 0 Å². The third kappa shape index (κ3) is 8.81. The molecule has 0 aliphatic carbocycles. The highest BCUT2D eigenvalue weighted by Gasteiger charge is 2.42. The number of carbonyl (C=O) groups excluding carboxylic acids is 1. The third-order valence-electron chi connectivity index (χ3n) is 7.34. The van der Waals surface area contributed by atoms with Gasteiger partial charge in [-0.3, -0.25) is 4.79 Å². The second-order valence-corrected chi connectivity index (χ2v) is 11.8. The molecule has 2 unspecified atom stereocenters. The minimum Gasteiger partial charge on any atom is -0.497 e. The van der Waals surface area contributed by atoms with Crippen LogP contribution in [0.25, 0.3) is 0 Å². The van der Waals surface area contributed by atoms with Gasteiger partial charge in [0, 0.05) is 63.2 Å². The zero-order valence-corrected chi connectivity index (χ0v) is 25.5. The summed E-state index contributed by atoms with van der Waals surface area (Å²) in [6.07, 6.45) is 11.7. The molecule has 4 rings (SSSR count). The number of hydrogen-bond acceptors (Lipinski definition) is 6. The van der Waals surface area contributed by atoms with Gasteiger partial charge in [0.25, 0.3) is 0 Å². The number of ether oxygens (including phenoxy) is 1. The summed E-state index contributed by atoms with van der Waals surface area (Å²) in [5.74, 6) is -0.0278. The zero-order chi connectivity index (χ0) is 29.9. The van der Waals surface area contributed by atoms with Crippen molar-refractivity contribution >= 4 is 22.7 Å². The number of halogens is 1. The summed E-state index contributed by atoms with van der Waals surface area (Å²) in [5.41, 5.74) is 1.81. The molecule has 222 valence electrons. The van der Waals surface area contributed by atoms with E-state index in [1.165, 1.54) is 18.7 Å². The van der Waals surface area contributed by atoms with Crippen molar-refractivity contribution in [2.24, 2.45) is 5.92 Å². The Hall–Kier alpha value is -3.37. The maximum atomic E-state index is 15.1.